The van der Waals surface area contributed by atoms with Crippen molar-refractivity contribution < 1.29 is 14.3 Å². The van der Waals surface area contributed by atoms with Crippen LogP contribution in [0.15, 0.2) is 65.1 Å². The fraction of sp³-hybridized carbons (Fsp3) is 0.240. The smallest absolute Gasteiger partial charge is 0.232 e. The molecule has 3 aromatic carbocycles. The van der Waals surface area contributed by atoms with Crippen molar-refractivity contribution >= 4 is 39.1 Å². The molecule has 160 valence electrons. The lowest BCUT2D eigenvalue weighted by Gasteiger charge is -2.38. The molecule has 1 aliphatic heterocycles. The number of anilines is 1. The molecule has 0 aromatic heterocycles. The molecule has 0 fully saturated rings. The molecule has 0 bridgehead atoms. The van der Waals surface area contributed by atoms with Crippen LogP contribution in [-0.2, 0) is 11.2 Å². The number of fused-ring (bicyclic) bond motifs is 1. The fourth-order valence-corrected chi connectivity index (χ4v) is 4.35. The molecule has 0 aliphatic carbocycles. The monoisotopic (exact) mass is 499 g/mol. The number of carbonyl (C=O) groups excluding carboxylic acids is 1. The predicted octanol–water partition coefficient (Wildman–Crippen LogP) is 6.58. The molecule has 0 radical (unpaired) electrons. The topological polar surface area (TPSA) is 38.8 Å². The summed E-state index contributed by atoms with van der Waals surface area (Å²) in [6.45, 7) is 4.94. The maximum absolute atomic E-state index is 13.4. The van der Waals surface area contributed by atoms with Crippen molar-refractivity contribution in [1.29, 1.82) is 0 Å². The van der Waals surface area contributed by atoms with Gasteiger partial charge in [0.15, 0.2) is 11.5 Å². The third kappa shape index (κ3) is 4.43. The lowest BCUT2D eigenvalue weighted by atomic mass is 9.87. The van der Waals surface area contributed by atoms with E-state index in [2.05, 4.69) is 15.9 Å². The standard InChI is InChI=1S/C25H23BrClNO3/c1-3-30-22-13-17-14-24(29)28(20-11-7-18(26)8-12-20)25(16-5-9-19(27)10-6-16)21(17)15-23(22)31-4-2/h5-13,15,25H,3-4,14H2,1-2H3. The van der Waals surface area contributed by atoms with Gasteiger partial charge in [-0.25, -0.2) is 0 Å². The van der Waals surface area contributed by atoms with Gasteiger partial charge in [0, 0.05) is 15.2 Å². The van der Waals surface area contributed by atoms with Crippen molar-refractivity contribution in [3.8, 4) is 11.5 Å². The molecule has 4 nitrogen and oxygen atoms in total. The molecule has 31 heavy (non-hydrogen) atoms. The van der Waals surface area contributed by atoms with E-state index >= 15 is 0 Å². The van der Waals surface area contributed by atoms with Crippen LogP contribution in [0.3, 0.4) is 0 Å². The fourth-order valence-electron chi connectivity index (χ4n) is 3.96. The van der Waals surface area contributed by atoms with Crippen molar-refractivity contribution in [3.05, 3.63) is 86.8 Å². The third-order valence-electron chi connectivity index (χ3n) is 5.26. The van der Waals surface area contributed by atoms with E-state index in [4.69, 9.17) is 21.1 Å². The number of ether oxygens (including phenoxy) is 2. The average Bonchev–Trinajstić information content (AvgIpc) is 2.75. The summed E-state index contributed by atoms with van der Waals surface area (Å²) in [5.41, 5.74) is 3.79. The molecule has 6 heteroatoms. The first-order chi connectivity index (χ1) is 15.0. The summed E-state index contributed by atoms with van der Waals surface area (Å²) < 4.78 is 12.6. The van der Waals surface area contributed by atoms with E-state index in [0.717, 1.165) is 26.9 Å². The van der Waals surface area contributed by atoms with Crippen molar-refractivity contribution in [3.63, 3.8) is 0 Å². The van der Waals surface area contributed by atoms with Gasteiger partial charge < -0.3 is 14.4 Å². The summed E-state index contributed by atoms with van der Waals surface area (Å²) in [4.78, 5) is 15.2. The van der Waals surface area contributed by atoms with Gasteiger partial charge in [0.05, 0.1) is 25.7 Å². The van der Waals surface area contributed by atoms with Crippen molar-refractivity contribution in [2.24, 2.45) is 0 Å². The highest BCUT2D eigenvalue weighted by Crippen LogP contribution is 2.43. The van der Waals surface area contributed by atoms with Gasteiger partial charge in [-0.15, -0.1) is 0 Å². The maximum atomic E-state index is 13.4. The summed E-state index contributed by atoms with van der Waals surface area (Å²) in [5.74, 6) is 1.39. The largest absolute Gasteiger partial charge is 0.490 e. The number of nitrogens with zero attached hydrogens (tertiary/aromatic N) is 1. The van der Waals surface area contributed by atoms with E-state index in [0.29, 0.717) is 36.2 Å². The van der Waals surface area contributed by atoms with Crippen LogP contribution in [0.25, 0.3) is 0 Å². The summed E-state index contributed by atoms with van der Waals surface area (Å²) in [6, 6.07) is 19.1. The lowest BCUT2D eigenvalue weighted by molar-refractivity contribution is -0.118. The van der Waals surface area contributed by atoms with Crippen molar-refractivity contribution in [1.82, 2.24) is 0 Å². The van der Waals surface area contributed by atoms with Gasteiger partial charge in [-0.05, 0) is 79.1 Å². The molecule has 1 amide bonds. The summed E-state index contributed by atoms with van der Waals surface area (Å²) in [7, 11) is 0. The first-order valence-corrected chi connectivity index (χ1v) is 11.4. The lowest BCUT2D eigenvalue weighted by Crippen LogP contribution is -2.41. The molecule has 3 aromatic rings. The van der Waals surface area contributed by atoms with E-state index in [1.165, 1.54) is 0 Å². The van der Waals surface area contributed by atoms with E-state index in [-0.39, 0.29) is 11.9 Å². The Kier molecular flexibility index (Phi) is 6.54. The Morgan fingerprint density at radius 3 is 2.19 bits per heavy atom. The number of amides is 1. The molecule has 0 spiro atoms. The molecular formula is C25H23BrClNO3. The zero-order chi connectivity index (χ0) is 22.0. The van der Waals surface area contributed by atoms with Crippen LogP contribution in [0.4, 0.5) is 5.69 Å². The zero-order valence-electron chi connectivity index (χ0n) is 17.4. The highest BCUT2D eigenvalue weighted by Gasteiger charge is 2.36. The van der Waals surface area contributed by atoms with Crippen molar-refractivity contribution in [2.75, 3.05) is 18.1 Å². The van der Waals surface area contributed by atoms with Crippen LogP contribution in [0.1, 0.15) is 36.6 Å². The maximum Gasteiger partial charge on any atom is 0.232 e. The van der Waals surface area contributed by atoms with Crippen molar-refractivity contribution in [2.45, 2.75) is 26.3 Å². The SMILES string of the molecule is CCOc1cc2c(cc1OCC)C(c1ccc(Cl)cc1)N(c1ccc(Br)cc1)C(=O)C2. The van der Waals surface area contributed by atoms with Gasteiger partial charge in [-0.2, -0.15) is 0 Å². The number of benzene rings is 3. The quantitative estimate of drug-likeness (QED) is 0.384. The van der Waals surface area contributed by atoms with Gasteiger partial charge in [0.2, 0.25) is 5.91 Å². The Morgan fingerprint density at radius 2 is 1.58 bits per heavy atom. The summed E-state index contributed by atoms with van der Waals surface area (Å²) >= 11 is 9.63. The van der Waals surface area contributed by atoms with Gasteiger partial charge in [0.25, 0.3) is 0 Å². The predicted molar refractivity (Wildman–Crippen MR) is 127 cm³/mol. The van der Waals surface area contributed by atoms with Gasteiger partial charge in [-0.3, -0.25) is 4.79 Å². The minimum Gasteiger partial charge on any atom is -0.490 e. The van der Waals surface area contributed by atoms with Crippen LogP contribution in [0.2, 0.25) is 5.02 Å². The van der Waals surface area contributed by atoms with Gasteiger partial charge in [0.1, 0.15) is 0 Å². The molecule has 1 heterocycles. The molecule has 0 saturated heterocycles. The third-order valence-corrected chi connectivity index (χ3v) is 6.04. The zero-order valence-corrected chi connectivity index (χ0v) is 19.7. The normalized spacial score (nSPS) is 15.5. The Bertz CT molecular complexity index is 1080. The van der Waals surface area contributed by atoms with E-state index in [1.807, 2.05) is 79.4 Å². The first kappa shape index (κ1) is 21.7. The summed E-state index contributed by atoms with van der Waals surface area (Å²) in [6.07, 6.45) is 0.294. The molecule has 1 aliphatic rings. The Balaban J connectivity index is 1.91. The minimum atomic E-state index is -0.301. The Morgan fingerprint density at radius 1 is 0.968 bits per heavy atom. The number of rotatable bonds is 6. The molecule has 1 atom stereocenters. The number of carbonyl (C=O) groups is 1. The molecule has 4 rings (SSSR count). The second-order valence-corrected chi connectivity index (χ2v) is 8.59. The van der Waals surface area contributed by atoms with Crippen LogP contribution in [0.5, 0.6) is 11.5 Å². The summed E-state index contributed by atoms with van der Waals surface area (Å²) in [5, 5.41) is 0.656. The highest BCUT2D eigenvalue weighted by atomic mass is 79.9. The van der Waals surface area contributed by atoms with Crippen LogP contribution in [0, 0.1) is 0 Å². The highest BCUT2D eigenvalue weighted by molar-refractivity contribution is 9.10. The molecule has 0 saturated carbocycles. The van der Waals surface area contributed by atoms with E-state index < -0.39 is 0 Å². The minimum absolute atomic E-state index is 0.0291. The van der Waals surface area contributed by atoms with Crippen LogP contribution < -0.4 is 14.4 Å². The molecule has 0 N–H and O–H groups in total. The average molecular weight is 501 g/mol. The number of halogens is 2. The number of hydrogen-bond donors (Lipinski definition) is 0. The Hall–Kier alpha value is -2.50. The first-order valence-electron chi connectivity index (χ1n) is 10.3. The van der Waals surface area contributed by atoms with Gasteiger partial charge in [-0.1, -0.05) is 39.7 Å². The second kappa shape index (κ2) is 9.33. The molecular weight excluding hydrogens is 478 g/mol. The second-order valence-electron chi connectivity index (χ2n) is 7.23. The Labute approximate surface area is 195 Å². The van der Waals surface area contributed by atoms with E-state index in [9.17, 15) is 4.79 Å². The molecule has 1 unspecified atom stereocenters. The number of hydrogen-bond acceptors (Lipinski definition) is 3. The van der Waals surface area contributed by atoms with Gasteiger partial charge >= 0.3 is 0 Å². The van der Waals surface area contributed by atoms with E-state index in [1.54, 1.807) is 0 Å². The van der Waals surface area contributed by atoms with Crippen LogP contribution in [-0.4, -0.2) is 19.1 Å². The van der Waals surface area contributed by atoms with Crippen LogP contribution >= 0.6 is 27.5 Å².